The van der Waals surface area contributed by atoms with Crippen LogP contribution in [0.2, 0.25) is 0 Å². The van der Waals surface area contributed by atoms with Gasteiger partial charge < -0.3 is 14.6 Å². The topological polar surface area (TPSA) is 39.1 Å². The number of aromatic nitrogens is 2. The highest BCUT2D eigenvalue weighted by Gasteiger charge is 2.20. The number of methoxy groups -OCH3 is 1. The molecule has 0 atom stereocenters. The SMILES string of the molecule is COCCNCc1cncn1C1CCC1. The minimum atomic E-state index is 0.701. The van der Waals surface area contributed by atoms with Crippen LogP contribution < -0.4 is 5.32 Å². The monoisotopic (exact) mass is 209 g/mol. The van der Waals surface area contributed by atoms with E-state index in [0.29, 0.717) is 6.04 Å². The summed E-state index contributed by atoms with van der Waals surface area (Å²) in [6, 6.07) is 0.701. The van der Waals surface area contributed by atoms with E-state index in [1.54, 1.807) is 7.11 Å². The van der Waals surface area contributed by atoms with Crippen molar-refractivity contribution in [1.29, 1.82) is 0 Å². The first-order valence-electron chi connectivity index (χ1n) is 5.62. The lowest BCUT2D eigenvalue weighted by atomic mass is 9.93. The number of nitrogens with one attached hydrogen (secondary N) is 1. The first kappa shape index (κ1) is 10.6. The zero-order valence-corrected chi connectivity index (χ0v) is 9.28. The van der Waals surface area contributed by atoms with Crippen LogP contribution in [0.15, 0.2) is 12.5 Å². The molecule has 1 aromatic heterocycles. The first-order valence-corrected chi connectivity index (χ1v) is 5.62. The molecular weight excluding hydrogens is 190 g/mol. The molecule has 1 aromatic rings. The third kappa shape index (κ3) is 2.58. The van der Waals surface area contributed by atoms with Gasteiger partial charge in [-0.15, -0.1) is 0 Å². The van der Waals surface area contributed by atoms with Crippen molar-refractivity contribution in [3.63, 3.8) is 0 Å². The Morgan fingerprint density at radius 3 is 3.13 bits per heavy atom. The molecule has 0 aliphatic heterocycles. The zero-order chi connectivity index (χ0) is 10.5. The molecular formula is C11H19N3O. The molecule has 0 unspecified atom stereocenters. The van der Waals surface area contributed by atoms with E-state index in [2.05, 4.69) is 14.9 Å². The summed E-state index contributed by atoms with van der Waals surface area (Å²) in [4.78, 5) is 4.22. The summed E-state index contributed by atoms with van der Waals surface area (Å²) in [5, 5.41) is 3.35. The summed E-state index contributed by atoms with van der Waals surface area (Å²) in [5.41, 5.74) is 1.29. The van der Waals surface area contributed by atoms with Gasteiger partial charge in [-0.2, -0.15) is 0 Å². The van der Waals surface area contributed by atoms with E-state index >= 15 is 0 Å². The smallest absolute Gasteiger partial charge is 0.0951 e. The molecule has 1 fully saturated rings. The van der Waals surface area contributed by atoms with E-state index < -0.39 is 0 Å². The normalized spacial score (nSPS) is 16.6. The number of nitrogens with zero attached hydrogens (tertiary/aromatic N) is 2. The summed E-state index contributed by atoms with van der Waals surface area (Å²) in [6.07, 6.45) is 7.89. The third-order valence-corrected chi connectivity index (χ3v) is 3.00. The Hall–Kier alpha value is -0.870. The fourth-order valence-corrected chi connectivity index (χ4v) is 1.85. The van der Waals surface area contributed by atoms with Crippen molar-refractivity contribution in [3.05, 3.63) is 18.2 Å². The summed E-state index contributed by atoms with van der Waals surface area (Å²) >= 11 is 0. The fourth-order valence-electron chi connectivity index (χ4n) is 1.85. The lowest BCUT2D eigenvalue weighted by Gasteiger charge is -2.28. The lowest BCUT2D eigenvalue weighted by Crippen LogP contribution is -2.23. The summed E-state index contributed by atoms with van der Waals surface area (Å²) in [6.45, 7) is 2.55. The van der Waals surface area contributed by atoms with Crippen molar-refractivity contribution >= 4 is 0 Å². The van der Waals surface area contributed by atoms with Gasteiger partial charge in [-0.3, -0.25) is 0 Å². The van der Waals surface area contributed by atoms with Gasteiger partial charge in [0, 0.05) is 32.4 Å². The van der Waals surface area contributed by atoms with Crippen LogP contribution in [0, 0.1) is 0 Å². The quantitative estimate of drug-likeness (QED) is 0.719. The van der Waals surface area contributed by atoms with Gasteiger partial charge in [0.15, 0.2) is 0 Å². The van der Waals surface area contributed by atoms with E-state index in [0.717, 1.165) is 19.7 Å². The highest BCUT2D eigenvalue weighted by molar-refractivity contribution is 5.01. The molecule has 2 rings (SSSR count). The molecule has 84 valence electrons. The molecule has 1 aliphatic rings. The summed E-state index contributed by atoms with van der Waals surface area (Å²) < 4.78 is 7.30. The van der Waals surface area contributed by atoms with Crippen LogP contribution in [0.4, 0.5) is 0 Å². The van der Waals surface area contributed by atoms with Gasteiger partial charge in [-0.1, -0.05) is 0 Å². The second kappa shape index (κ2) is 5.28. The number of imidazole rings is 1. The van der Waals surface area contributed by atoms with Gasteiger partial charge in [-0.25, -0.2) is 4.98 Å². The van der Waals surface area contributed by atoms with Gasteiger partial charge in [0.05, 0.1) is 18.6 Å². The van der Waals surface area contributed by atoms with Crippen molar-refractivity contribution in [1.82, 2.24) is 14.9 Å². The van der Waals surface area contributed by atoms with Crippen molar-refractivity contribution in [2.75, 3.05) is 20.3 Å². The average Bonchev–Trinajstić information content (AvgIpc) is 2.58. The minimum Gasteiger partial charge on any atom is -0.383 e. The number of hydrogen-bond acceptors (Lipinski definition) is 3. The molecule has 1 aliphatic carbocycles. The van der Waals surface area contributed by atoms with Crippen LogP contribution >= 0.6 is 0 Å². The van der Waals surface area contributed by atoms with E-state index in [1.165, 1.54) is 25.0 Å². The molecule has 1 N–H and O–H groups in total. The Morgan fingerprint density at radius 2 is 2.47 bits per heavy atom. The van der Waals surface area contributed by atoms with E-state index in [-0.39, 0.29) is 0 Å². The third-order valence-electron chi connectivity index (χ3n) is 3.00. The first-order chi connectivity index (χ1) is 7.42. The number of rotatable bonds is 6. The maximum absolute atomic E-state index is 4.99. The van der Waals surface area contributed by atoms with Crippen LogP contribution in [0.3, 0.4) is 0 Å². The predicted molar refractivity (Wildman–Crippen MR) is 58.7 cm³/mol. The van der Waals surface area contributed by atoms with Gasteiger partial charge in [-0.05, 0) is 19.3 Å². The Balaban J connectivity index is 1.82. The molecule has 0 aromatic carbocycles. The van der Waals surface area contributed by atoms with Gasteiger partial charge in [0.25, 0.3) is 0 Å². The van der Waals surface area contributed by atoms with Crippen molar-refractivity contribution in [2.45, 2.75) is 31.8 Å². The van der Waals surface area contributed by atoms with Crippen LogP contribution in [0.1, 0.15) is 31.0 Å². The Labute approximate surface area is 90.6 Å². The van der Waals surface area contributed by atoms with Gasteiger partial charge in [0.1, 0.15) is 0 Å². The molecule has 0 saturated heterocycles. The molecule has 0 bridgehead atoms. The molecule has 15 heavy (non-hydrogen) atoms. The van der Waals surface area contributed by atoms with Crippen LogP contribution in [-0.4, -0.2) is 29.8 Å². The second-order valence-corrected chi connectivity index (χ2v) is 4.05. The van der Waals surface area contributed by atoms with Gasteiger partial charge in [0.2, 0.25) is 0 Å². The number of hydrogen-bond donors (Lipinski definition) is 1. The van der Waals surface area contributed by atoms with Crippen molar-refractivity contribution in [3.8, 4) is 0 Å². The molecule has 1 saturated carbocycles. The molecule has 4 heteroatoms. The van der Waals surface area contributed by atoms with Crippen LogP contribution in [0.25, 0.3) is 0 Å². The largest absolute Gasteiger partial charge is 0.383 e. The van der Waals surface area contributed by atoms with Crippen molar-refractivity contribution < 1.29 is 4.74 Å². The lowest BCUT2D eigenvalue weighted by molar-refractivity contribution is 0.198. The highest BCUT2D eigenvalue weighted by atomic mass is 16.5. The summed E-state index contributed by atoms with van der Waals surface area (Å²) in [7, 11) is 1.72. The van der Waals surface area contributed by atoms with E-state index in [4.69, 9.17) is 4.74 Å². The van der Waals surface area contributed by atoms with Crippen molar-refractivity contribution in [2.24, 2.45) is 0 Å². The van der Waals surface area contributed by atoms with E-state index in [1.807, 2.05) is 12.5 Å². The molecule has 4 nitrogen and oxygen atoms in total. The molecule has 0 radical (unpaired) electrons. The van der Waals surface area contributed by atoms with Crippen LogP contribution in [0.5, 0.6) is 0 Å². The van der Waals surface area contributed by atoms with Gasteiger partial charge >= 0.3 is 0 Å². The standard InChI is InChI=1S/C11H19N3O/c1-15-6-5-12-7-11-8-13-9-14(11)10-3-2-4-10/h8-10,12H,2-7H2,1H3. The second-order valence-electron chi connectivity index (χ2n) is 4.05. The maximum atomic E-state index is 4.99. The fraction of sp³-hybridized carbons (Fsp3) is 0.727. The highest BCUT2D eigenvalue weighted by Crippen LogP contribution is 2.32. The van der Waals surface area contributed by atoms with E-state index in [9.17, 15) is 0 Å². The summed E-state index contributed by atoms with van der Waals surface area (Å²) in [5.74, 6) is 0. The average molecular weight is 209 g/mol. The zero-order valence-electron chi connectivity index (χ0n) is 9.28. The predicted octanol–water partition coefficient (Wildman–Crippen LogP) is 1.34. The Morgan fingerprint density at radius 1 is 1.60 bits per heavy atom. The maximum Gasteiger partial charge on any atom is 0.0951 e. The number of ether oxygens (including phenoxy) is 1. The molecule has 0 spiro atoms. The Kier molecular flexibility index (Phi) is 3.75. The Bertz CT molecular complexity index is 294. The molecule has 0 amide bonds. The minimum absolute atomic E-state index is 0.701. The molecule has 1 heterocycles. The van der Waals surface area contributed by atoms with Crippen LogP contribution in [-0.2, 0) is 11.3 Å².